The zero-order chi connectivity index (χ0) is 25.8. The second-order valence-corrected chi connectivity index (χ2v) is 9.12. The third-order valence-electron chi connectivity index (χ3n) is 4.96. The summed E-state index contributed by atoms with van der Waals surface area (Å²) in [5.41, 5.74) is 1.26. The molecule has 4 rings (SSSR count). The molecule has 0 radical (unpaired) electrons. The number of anilines is 1. The Labute approximate surface area is 213 Å². The number of hydrogen-bond donors (Lipinski definition) is 2. The van der Waals surface area contributed by atoms with Crippen molar-refractivity contribution in [3.63, 3.8) is 0 Å². The lowest BCUT2D eigenvalue weighted by molar-refractivity contribution is -0.122. The van der Waals surface area contributed by atoms with Crippen LogP contribution in [0.5, 0.6) is 0 Å². The van der Waals surface area contributed by atoms with Gasteiger partial charge in [0.05, 0.1) is 16.3 Å². The van der Waals surface area contributed by atoms with Gasteiger partial charge in [0.25, 0.3) is 5.91 Å². The molecule has 182 valence electrons. The van der Waals surface area contributed by atoms with E-state index in [-0.39, 0.29) is 28.7 Å². The Hall–Kier alpha value is -4.03. The average Bonchev–Trinajstić information content (AvgIpc) is 3.11. The Morgan fingerprint density at radius 3 is 2.69 bits per heavy atom. The van der Waals surface area contributed by atoms with Crippen LogP contribution in [0.2, 0.25) is 0 Å². The lowest BCUT2D eigenvalue weighted by Gasteiger charge is -2.14. The summed E-state index contributed by atoms with van der Waals surface area (Å²) in [6, 6.07) is 11.1. The van der Waals surface area contributed by atoms with Gasteiger partial charge in [-0.2, -0.15) is 0 Å². The molecule has 0 saturated carbocycles. The number of aromatic nitrogens is 2. The third kappa shape index (κ3) is 5.78. The smallest absolute Gasteiger partial charge is 0.354 e. The van der Waals surface area contributed by atoms with Crippen LogP contribution in [0.25, 0.3) is 17.3 Å². The van der Waals surface area contributed by atoms with Crippen molar-refractivity contribution in [2.45, 2.75) is 6.42 Å². The molecule has 1 fully saturated rings. The molecule has 2 amide bonds. The van der Waals surface area contributed by atoms with Crippen molar-refractivity contribution in [2.75, 3.05) is 11.9 Å². The van der Waals surface area contributed by atoms with Crippen molar-refractivity contribution in [3.05, 3.63) is 82.7 Å². The zero-order valence-electron chi connectivity index (χ0n) is 18.3. The lowest BCUT2D eigenvalue weighted by atomic mass is 10.1. The first-order valence-electron chi connectivity index (χ1n) is 10.4. The standard InChI is InChI=1S/C24H16F2N4O4S2/c25-16-5-4-13(10-17(16)26)18-3-1-2-14(28-18)12-20-22(32)30(24(35)36-20)9-7-21(31)29-15-6-8-27-19(11-15)23(33)34/h1-6,8,10-12H,7,9H2,(H,33,34)(H,27,29,31). The molecule has 12 heteroatoms. The first kappa shape index (κ1) is 25.1. The highest BCUT2D eigenvalue weighted by atomic mass is 32.2. The fraction of sp³-hybridized carbons (Fsp3) is 0.0833. The lowest BCUT2D eigenvalue weighted by Crippen LogP contribution is -2.31. The van der Waals surface area contributed by atoms with Crippen molar-refractivity contribution < 1.29 is 28.3 Å². The van der Waals surface area contributed by atoms with Crippen LogP contribution in [-0.2, 0) is 9.59 Å². The monoisotopic (exact) mass is 526 g/mol. The topological polar surface area (TPSA) is 112 Å². The minimum Gasteiger partial charge on any atom is -0.477 e. The molecule has 8 nitrogen and oxygen atoms in total. The molecule has 0 unspecified atom stereocenters. The van der Waals surface area contributed by atoms with Gasteiger partial charge in [-0.1, -0.05) is 30.0 Å². The molecule has 2 aromatic heterocycles. The van der Waals surface area contributed by atoms with Crippen molar-refractivity contribution in [3.8, 4) is 11.3 Å². The number of aromatic carboxylic acids is 1. The van der Waals surface area contributed by atoms with Crippen LogP contribution in [0.15, 0.2) is 59.6 Å². The van der Waals surface area contributed by atoms with E-state index in [0.29, 0.717) is 21.9 Å². The van der Waals surface area contributed by atoms with E-state index in [1.165, 1.54) is 35.4 Å². The predicted molar refractivity (Wildman–Crippen MR) is 134 cm³/mol. The SMILES string of the molecule is O=C(CCN1C(=O)C(=Cc2cccc(-c3ccc(F)c(F)c3)n2)SC1=S)Nc1ccnc(C(=O)O)c1. The Morgan fingerprint density at radius 1 is 1.14 bits per heavy atom. The van der Waals surface area contributed by atoms with Gasteiger partial charge in [-0.05, 0) is 48.5 Å². The average molecular weight is 527 g/mol. The summed E-state index contributed by atoms with van der Waals surface area (Å²) in [6.45, 7) is 0.0209. The molecule has 36 heavy (non-hydrogen) atoms. The number of thioether (sulfide) groups is 1. The summed E-state index contributed by atoms with van der Waals surface area (Å²) in [4.78, 5) is 45.9. The number of benzene rings is 1. The molecule has 0 spiro atoms. The largest absolute Gasteiger partial charge is 0.477 e. The molecular formula is C24H16F2N4O4S2. The van der Waals surface area contributed by atoms with Gasteiger partial charge in [0, 0.05) is 30.4 Å². The van der Waals surface area contributed by atoms with Crippen LogP contribution in [-0.4, -0.2) is 48.6 Å². The van der Waals surface area contributed by atoms with Crippen LogP contribution in [0.1, 0.15) is 22.6 Å². The van der Waals surface area contributed by atoms with E-state index in [1.807, 2.05) is 0 Å². The minimum absolute atomic E-state index is 0.0209. The van der Waals surface area contributed by atoms with Gasteiger partial charge >= 0.3 is 5.97 Å². The Bertz CT molecular complexity index is 1430. The molecule has 0 bridgehead atoms. The van der Waals surface area contributed by atoms with E-state index in [2.05, 4.69) is 15.3 Å². The van der Waals surface area contributed by atoms with Crippen LogP contribution < -0.4 is 5.32 Å². The Balaban J connectivity index is 1.42. The minimum atomic E-state index is -1.22. The zero-order valence-corrected chi connectivity index (χ0v) is 19.9. The maximum Gasteiger partial charge on any atom is 0.354 e. The number of amides is 2. The molecule has 1 aliphatic rings. The van der Waals surface area contributed by atoms with Gasteiger partial charge in [0.1, 0.15) is 10.0 Å². The number of rotatable bonds is 7. The Morgan fingerprint density at radius 2 is 1.94 bits per heavy atom. The first-order chi connectivity index (χ1) is 17.2. The molecule has 3 aromatic rings. The van der Waals surface area contributed by atoms with Crippen LogP contribution in [0.3, 0.4) is 0 Å². The third-order valence-corrected chi connectivity index (χ3v) is 6.34. The Kier molecular flexibility index (Phi) is 7.46. The van der Waals surface area contributed by atoms with E-state index in [4.69, 9.17) is 17.3 Å². The van der Waals surface area contributed by atoms with Crippen LogP contribution in [0, 0.1) is 11.6 Å². The first-order valence-corrected chi connectivity index (χ1v) is 11.6. The van der Waals surface area contributed by atoms with Gasteiger partial charge in [0.2, 0.25) is 5.91 Å². The number of carbonyl (C=O) groups is 3. The van der Waals surface area contributed by atoms with E-state index >= 15 is 0 Å². The highest BCUT2D eigenvalue weighted by Crippen LogP contribution is 2.32. The quantitative estimate of drug-likeness (QED) is 0.345. The number of nitrogens with zero attached hydrogens (tertiary/aromatic N) is 3. The van der Waals surface area contributed by atoms with E-state index in [9.17, 15) is 23.2 Å². The number of hydrogen-bond acceptors (Lipinski definition) is 7. The summed E-state index contributed by atoms with van der Waals surface area (Å²) < 4.78 is 27.1. The summed E-state index contributed by atoms with van der Waals surface area (Å²) in [6.07, 6.45) is 2.73. The van der Waals surface area contributed by atoms with Gasteiger partial charge in [-0.25, -0.2) is 23.5 Å². The maximum absolute atomic E-state index is 13.6. The summed E-state index contributed by atoms with van der Waals surface area (Å²) in [5.74, 6) is -4.00. The van der Waals surface area contributed by atoms with Gasteiger partial charge < -0.3 is 10.4 Å². The maximum atomic E-state index is 13.6. The van der Waals surface area contributed by atoms with Crippen LogP contribution in [0.4, 0.5) is 14.5 Å². The molecule has 0 atom stereocenters. The predicted octanol–water partition coefficient (Wildman–Crippen LogP) is 4.35. The highest BCUT2D eigenvalue weighted by Gasteiger charge is 2.32. The van der Waals surface area contributed by atoms with Gasteiger partial charge in [0.15, 0.2) is 11.6 Å². The van der Waals surface area contributed by atoms with Crippen molar-refractivity contribution in [1.29, 1.82) is 0 Å². The van der Waals surface area contributed by atoms with E-state index in [0.717, 1.165) is 23.9 Å². The molecule has 2 N–H and O–H groups in total. The van der Waals surface area contributed by atoms with Crippen molar-refractivity contribution >= 4 is 57.8 Å². The number of nitrogens with one attached hydrogen (secondary N) is 1. The van der Waals surface area contributed by atoms with Crippen molar-refractivity contribution in [2.24, 2.45) is 0 Å². The molecule has 1 aromatic carbocycles. The van der Waals surface area contributed by atoms with Gasteiger partial charge in [-0.3, -0.25) is 14.5 Å². The van der Waals surface area contributed by atoms with Gasteiger partial charge in [-0.15, -0.1) is 0 Å². The fourth-order valence-corrected chi connectivity index (χ4v) is 4.53. The number of carboxylic acids is 1. The van der Waals surface area contributed by atoms with Crippen molar-refractivity contribution in [1.82, 2.24) is 14.9 Å². The van der Waals surface area contributed by atoms with E-state index < -0.39 is 29.4 Å². The molecule has 1 aliphatic heterocycles. The number of thiocarbonyl (C=S) groups is 1. The number of halogens is 2. The number of carbonyl (C=O) groups excluding carboxylic acids is 2. The fourth-order valence-electron chi connectivity index (χ4n) is 3.24. The summed E-state index contributed by atoms with van der Waals surface area (Å²) in [7, 11) is 0. The second-order valence-electron chi connectivity index (χ2n) is 7.44. The normalized spacial score (nSPS) is 14.4. The molecule has 3 heterocycles. The number of carboxylic acid groups (broad SMARTS) is 1. The summed E-state index contributed by atoms with van der Waals surface area (Å²) in [5, 5.41) is 11.6. The van der Waals surface area contributed by atoms with E-state index in [1.54, 1.807) is 18.2 Å². The second kappa shape index (κ2) is 10.7. The van der Waals surface area contributed by atoms with Crippen LogP contribution >= 0.6 is 24.0 Å². The highest BCUT2D eigenvalue weighted by molar-refractivity contribution is 8.26. The molecule has 1 saturated heterocycles. The summed E-state index contributed by atoms with van der Waals surface area (Å²) >= 11 is 6.35. The number of pyridine rings is 2. The molecular weight excluding hydrogens is 510 g/mol. The molecule has 0 aliphatic carbocycles.